The zero-order valence-corrected chi connectivity index (χ0v) is 7.02. The van der Waals surface area contributed by atoms with E-state index < -0.39 is 0 Å². The van der Waals surface area contributed by atoms with Crippen LogP contribution in [0.25, 0.3) is 0 Å². The lowest BCUT2D eigenvalue weighted by atomic mass is 10.2. The molecule has 0 nitrogen and oxygen atoms in total. The van der Waals surface area contributed by atoms with Gasteiger partial charge >= 0.3 is 0 Å². The molecule has 0 aromatic carbocycles. The molecule has 2 heteroatoms. The molecule has 0 spiro atoms. The third kappa shape index (κ3) is 1.59. The molecule has 1 heterocycles. The van der Waals surface area contributed by atoms with Gasteiger partial charge in [-0.1, -0.05) is 6.92 Å². The molecule has 1 rings (SSSR count). The number of thioether (sulfide) groups is 2. The number of hydrogen-bond donors (Lipinski definition) is 0. The van der Waals surface area contributed by atoms with Crippen molar-refractivity contribution in [3.8, 4) is 0 Å². The predicted molar refractivity (Wildman–Crippen MR) is 43.5 cm³/mol. The SMILES string of the molecule is CSC1C[C@@H](C)CS1. The van der Waals surface area contributed by atoms with Gasteiger partial charge in [-0.05, 0) is 24.3 Å². The summed E-state index contributed by atoms with van der Waals surface area (Å²) < 4.78 is 0.907. The monoisotopic (exact) mass is 148 g/mol. The van der Waals surface area contributed by atoms with Gasteiger partial charge in [0.25, 0.3) is 0 Å². The zero-order chi connectivity index (χ0) is 5.98. The lowest BCUT2D eigenvalue weighted by Crippen LogP contribution is -1.91. The molecule has 0 aliphatic carbocycles. The lowest BCUT2D eigenvalue weighted by Gasteiger charge is -2.00. The molecule has 2 atom stereocenters. The van der Waals surface area contributed by atoms with Crippen LogP contribution in [0.3, 0.4) is 0 Å². The molecule has 0 saturated carbocycles. The van der Waals surface area contributed by atoms with Crippen LogP contribution in [-0.4, -0.2) is 16.6 Å². The van der Waals surface area contributed by atoms with Crippen LogP contribution in [0.4, 0.5) is 0 Å². The second-order valence-corrected chi connectivity index (χ2v) is 4.91. The average molecular weight is 148 g/mol. The summed E-state index contributed by atoms with van der Waals surface area (Å²) in [6.07, 6.45) is 3.63. The van der Waals surface area contributed by atoms with Gasteiger partial charge in [-0.15, -0.1) is 11.8 Å². The van der Waals surface area contributed by atoms with E-state index in [2.05, 4.69) is 24.9 Å². The topological polar surface area (TPSA) is 0 Å². The van der Waals surface area contributed by atoms with E-state index in [1.165, 1.54) is 12.2 Å². The van der Waals surface area contributed by atoms with E-state index in [9.17, 15) is 0 Å². The standard InChI is InChI=1S/C6H12S2/c1-5-3-6(7-2)8-4-5/h5-6H,3-4H2,1-2H3/t5-,6?/m1/s1. The Morgan fingerprint density at radius 3 is 2.62 bits per heavy atom. The first kappa shape index (κ1) is 6.81. The minimum atomic E-state index is 0.907. The molecule has 8 heavy (non-hydrogen) atoms. The maximum absolute atomic E-state index is 2.34. The molecular weight excluding hydrogens is 136 g/mol. The molecule has 0 aromatic heterocycles. The van der Waals surface area contributed by atoms with E-state index in [0.717, 1.165) is 10.5 Å². The molecule has 1 fully saturated rings. The Morgan fingerprint density at radius 1 is 1.62 bits per heavy atom. The van der Waals surface area contributed by atoms with E-state index >= 15 is 0 Å². The predicted octanol–water partition coefficient (Wildman–Crippen LogP) is 2.45. The van der Waals surface area contributed by atoms with Crippen LogP contribution < -0.4 is 0 Å². The molecule has 0 N–H and O–H groups in total. The highest BCUT2D eigenvalue weighted by Crippen LogP contribution is 2.36. The smallest absolute Gasteiger partial charge is 0.0502 e. The summed E-state index contributed by atoms with van der Waals surface area (Å²) in [6, 6.07) is 0. The fourth-order valence-electron chi connectivity index (χ4n) is 0.900. The van der Waals surface area contributed by atoms with Gasteiger partial charge < -0.3 is 0 Å². The van der Waals surface area contributed by atoms with Crippen molar-refractivity contribution in [1.29, 1.82) is 0 Å². The molecule has 0 amide bonds. The minimum absolute atomic E-state index is 0.907. The Balaban J connectivity index is 2.22. The van der Waals surface area contributed by atoms with E-state index in [1.54, 1.807) is 0 Å². The first-order chi connectivity index (χ1) is 3.83. The van der Waals surface area contributed by atoms with Crippen molar-refractivity contribution < 1.29 is 0 Å². The summed E-state index contributed by atoms with van der Waals surface area (Å²) >= 11 is 4.11. The molecule has 1 aliphatic rings. The summed E-state index contributed by atoms with van der Waals surface area (Å²) in [5.74, 6) is 2.35. The highest BCUT2D eigenvalue weighted by molar-refractivity contribution is 8.16. The Hall–Kier alpha value is 0.700. The van der Waals surface area contributed by atoms with Crippen molar-refractivity contribution in [2.24, 2.45) is 5.92 Å². The van der Waals surface area contributed by atoms with Gasteiger partial charge in [0.2, 0.25) is 0 Å². The van der Waals surface area contributed by atoms with Gasteiger partial charge in [-0.2, -0.15) is 11.8 Å². The molecule has 0 bridgehead atoms. The van der Waals surface area contributed by atoms with Crippen molar-refractivity contribution in [1.82, 2.24) is 0 Å². The van der Waals surface area contributed by atoms with Crippen LogP contribution in [0.5, 0.6) is 0 Å². The van der Waals surface area contributed by atoms with Crippen molar-refractivity contribution in [2.75, 3.05) is 12.0 Å². The van der Waals surface area contributed by atoms with Gasteiger partial charge in [0, 0.05) is 0 Å². The first-order valence-electron chi connectivity index (χ1n) is 2.97. The second-order valence-electron chi connectivity index (χ2n) is 2.34. The maximum atomic E-state index is 2.34. The van der Waals surface area contributed by atoms with Crippen LogP contribution >= 0.6 is 23.5 Å². The van der Waals surface area contributed by atoms with Gasteiger partial charge in [0.15, 0.2) is 0 Å². The molecule has 1 aliphatic heterocycles. The van der Waals surface area contributed by atoms with Crippen LogP contribution in [-0.2, 0) is 0 Å². The van der Waals surface area contributed by atoms with Crippen LogP contribution in [0, 0.1) is 5.92 Å². The zero-order valence-electron chi connectivity index (χ0n) is 5.39. The summed E-state index contributed by atoms with van der Waals surface area (Å²) in [7, 11) is 0. The van der Waals surface area contributed by atoms with Crippen molar-refractivity contribution in [3.05, 3.63) is 0 Å². The maximum Gasteiger partial charge on any atom is 0.0502 e. The quantitative estimate of drug-likeness (QED) is 0.560. The highest BCUT2D eigenvalue weighted by atomic mass is 32.2. The van der Waals surface area contributed by atoms with Crippen LogP contribution in [0.15, 0.2) is 0 Å². The summed E-state index contributed by atoms with van der Waals surface area (Å²) in [5, 5.41) is 0. The Morgan fingerprint density at radius 2 is 2.38 bits per heavy atom. The fourth-order valence-corrected chi connectivity index (χ4v) is 3.35. The fraction of sp³-hybridized carbons (Fsp3) is 1.00. The molecule has 48 valence electrons. The molecular formula is C6H12S2. The number of hydrogen-bond acceptors (Lipinski definition) is 2. The van der Waals surface area contributed by atoms with Gasteiger partial charge in [-0.3, -0.25) is 0 Å². The molecule has 0 aromatic rings. The van der Waals surface area contributed by atoms with Gasteiger partial charge in [-0.25, -0.2) is 0 Å². The number of rotatable bonds is 1. The van der Waals surface area contributed by atoms with E-state index in [4.69, 9.17) is 0 Å². The minimum Gasteiger partial charge on any atom is -0.151 e. The summed E-state index contributed by atoms with van der Waals surface area (Å²) in [4.78, 5) is 0. The molecule has 1 saturated heterocycles. The third-order valence-electron chi connectivity index (χ3n) is 1.42. The third-order valence-corrected chi connectivity index (χ3v) is 4.45. The lowest BCUT2D eigenvalue weighted by molar-refractivity contribution is 0.658. The van der Waals surface area contributed by atoms with Crippen LogP contribution in [0.2, 0.25) is 0 Å². The largest absolute Gasteiger partial charge is 0.151 e. The van der Waals surface area contributed by atoms with E-state index in [1.807, 2.05) is 11.8 Å². The molecule has 0 radical (unpaired) electrons. The van der Waals surface area contributed by atoms with Crippen LogP contribution in [0.1, 0.15) is 13.3 Å². The second kappa shape index (κ2) is 3.02. The van der Waals surface area contributed by atoms with E-state index in [-0.39, 0.29) is 0 Å². The highest BCUT2D eigenvalue weighted by Gasteiger charge is 2.19. The van der Waals surface area contributed by atoms with E-state index in [0.29, 0.717) is 0 Å². The first-order valence-corrected chi connectivity index (χ1v) is 5.31. The van der Waals surface area contributed by atoms with Crippen molar-refractivity contribution in [3.63, 3.8) is 0 Å². The Bertz CT molecular complexity index is 72.9. The Kier molecular flexibility index (Phi) is 2.57. The van der Waals surface area contributed by atoms with Gasteiger partial charge in [0.05, 0.1) is 4.58 Å². The van der Waals surface area contributed by atoms with Crippen molar-refractivity contribution >= 4 is 23.5 Å². The Labute approximate surface area is 59.8 Å². The summed E-state index contributed by atoms with van der Waals surface area (Å²) in [6.45, 7) is 2.34. The summed E-state index contributed by atoms with van der Waals surface area (Å²) in [5.41, 5.74) is 0. The molecule has 1 unspecified atom stereocenters. The normalized spacial score (nSPS) is 38.2. The van der Waals surface area contributed by atoms with Crippen molar-refractivity contribution in [2.45, 2.75) is 17.9 Å². The average Bonchev–Trinajstić information content (AvgIpc) is 2.14. The van der Waals surface area contributed by atoms with Gasteiger partial charge in [0.1, 0.15) is 0 Å².